The van der Waals surface area contributed by atoms with Gasteiger partial charge in [-0.3, -0.25) is 0 Å². The largest absolute Gasteiger partial charge is 0.354 e. The topological polar surface area (TPSA) is 51.5 Å². The van der Waals surface area contributed by atoms with Gasteiger partial charge in [0.05, 0.1) is 14.2 Å². The molecule has 0 bridgehead atoms. The molecule has 0 aliphatic carbocycles. The number of hydrogen-bond acceptors (Lipinski definition) is 4. The van der Waals surface area contributed by atoms with Gasteiger partial charge in [-0.25, -0.2) is 0 Å². The monoisotopic (exact) mass is 247 g/mol. The summed E-state index contributed by atoms with van der Waals surface area (Å²) in [5, 5.41) is 8.72. The summed E-state index contributed by atoms with van der Waals surface area (Å²) in [6, 6.07) is 1.86. The zero-order valence-electron chi connectivity index (χ0n) is 10.6. The lowest BCUT2D eigenvalue weighted by Gasteiger charge is -2.29. The number of nitrogens with zero attached hydrogens (tertiary/aromatic N) is 1. The lowest BCUT2D eigenvalue weighted by Crippen LogP contribution is -2.21. The highest BCUT2D eigenvalue weighted by Crippen LogP contribution is 2.49. The van der Waals surface area contributed by atoms with Gasteiger partial charge in [0.1, 0.15) is 0 Å². The molecule has 0 amide bonds. The van der Waals surface area contributed by atoms with Gasteiger partial charge in [0.2, 0.25) is 6.03 Å². The van der Waals surface area contributed by atoms with E-state index in [9.17, 15) is 0 Å². The van der Waals surface area contributed by atoms with E-state index in [1.807, 2.05) is 27.7 Å². The van der Waals surface area contributed by atoms with Crippen molar-refractivity contribution in [3.63, 3.8) is 0 Å². The minimum atomic E-state index is -0.870. The second kappa shape index (κ2) is 9.99. The molecule has 0 aromatic rings. The maximum Gasteiger partial charge on any atom is 0.201 e. The molecule has 0 rings (SSSR count). The number of ether oxygens (including phenoxy) is 2. The predicted molar refractivity (Wildman–Crippen MR) is 65.3 cm³/mol. The summed E-state index contributed by atoms with van der Waals surface area (Å²) in [6.07, 6.45) is 0.475. The van der Waals surface area contributed by atoms with Crippen molar-refractivity contribution < 1.29 is 14.0 Å². The van der Waals surface area contributed by atoms with Crippen molar-refractivity contribution in [1.82, 2.24) is 0 Å². The summed E-state index contributed by atoms with van der Waals surface area (Å²) >= 11 is 0. The van der Waals surface area contributed by atoms with Crippen molar-refractivity contribution in [2.24, 2.45) is 0 Å². The van der Waals surface area contributed by atoms with Crippen LogP contribution in [-0.2, 0) is 14.0 Å². The van der Waals surface area contributed by atoms with Crippen molar-refractivity contribution in [1.29, 1.82) is 5.26 Å². The molecule has 4 nitrogen and oxygen atoms in total. The minimum Gasteiger partial charge on any atom is -0.354 e. The van der Waals surface area contributed by atoms with Gasteiger partial charge in [0, 0.05) is 31.9 Å². The minimum absolute atomic E-state index is 0.169. The SMILES string of the molecule is CCOC(OCC)P(OCC)C(C)CC#N. The molecule has 0 aromatic heterocycles. The molecule has 0 saturated carbocycles. The zero-order valence-corrected chi connectivity index (χ0v) is 11.5. The van der Waals surface area contributed by atoms with Crippen LogP contribution in [0.5, 0.6) is 0 Å². The molecule has 0 heterocycles. The van der Waals surface area contributed by atoms with Gasteiger partial charge in [-0.15, -0.1) is 0 Å². The van der Waals surface area contributed by atoms with Crippen LogP contribution in [0.2, 0.25) is 0 Å². The Morgan fingerprint density at radius 2 is 1.69 bits per heavy atom. The maximum atomic E-state index is 8.72. The second-order valence-corrected chi connectivity index (χ2v) is 5.49. The van der Waals surface area contributed by atoms with Crippen LogP contribution in [0.25, 0.3) is 0 Å². The molecule has 0 N–H and O–H groups in total. The fourth-order valence-corrected chi connectivity index (χ4v) is 3.19. The first-order valence-corrected chi connectivity index (χ1v) is 7.12. The van der Waals surface area contributed by atoms with Gasteiger partial charge in [0.15, 0.2) is 0 Å². The normalized spacial score (nSPS) is 14.8. The van der Waals surface area contributed by atoms with E-state index in [0.717, 1.165) is 0 Å². The fourth-order valence-electron chi connectivity index (χ4n) is 1.25. The first-order chi connectivity index (χ1) is 7.71. The Morgan fingerprint density at radius 3 is 2.06 bits per heavy atom. The van der Waals surface area contributed by atoms with Crippen LogP contribution in [-0.4, -0.2) is 31.5 Å². The van der Waals surface area contributed by atoms with E-state index in [1.54, 1.807) is 0 Å². The highest BCUT2D eigenvalue weighted by atomic mass is 31.1. The quantitative estimate of drug-likeness (QED) is 0.464. The fraction of sp³-hybridized carbons (Fsp3) is 0.909. The van der Waals surface area contributed by atoms with Gasteiger partial charge in [0.25, 0.3) is 0 Å². The number of hydrogen-bond donors (Lipinski definition) is 0. The van der Waals surface area contributed by atoms with E-state index in [-0.39, 0.29) is 11.7 Å². The van der Waals surface area contributed by atoms with Crippen LogP contribution in [0, 0.1) is 11.3 Å². The van der Waals surface area contributed by atoms with Gasteiger partial charge >= 0.3 is 0 Å². The molecule has 0 radical (unpaired) electrons. The Labute approximate surface area is 99.7 Å². The smallest absolute Gasteiger partial charge is 0.201 e. The third kappa shape index (κ3) is 5.77. The first kappa shape index (κ1) is 15.8. The summed E-state index contributed by atoms with van der Waals surface area (Å²) in [4.78, 5) is 0. The van der Waals surface area contributed by atoms with E-state index in [1.165, 1.54) is 0 Å². The van der Waals surface area contributed by atoms with E-state index in [2.05, 4.69) is 6.07 Å². The first-order valence-electron chi connectivity index (χ1n) is 5.72. The van der Waals surface area contributed by atoms with Crippen LogP contribution < -0.4 is 0 Å². The average molecular weight is 247 g/mol. The van der Waals surface area contributed by atoms with Crippen LogP contribution >= 0.6 is 8.15 Å². The summed E-state index contributed by atoms with van der Waals surface area (Å²) < 4.78 is 16.8. The third-order valence-corrected chi connectivity index (χ3v) is 4.25. The molecular weight excluding hydrogens is 225 g/mol. The average Bonchev–Trinajstić information content (AvgIpc) is 2.26. The molecule has 0 aliphatic rings. The van der Waals surface area contributed by atoms with Crippen molar-refractivity contribution in [3.8, 4) is 6.07 Å². The Bertz CT molecular complexity index is 202. The predicted octanol–water partition coefficient (Wildman–Crippen LogP) is 3.08. The summed E-state index contributed by atoms with van der Waals surface area (Å²) in [7, 11) is -0.870. The molecule has 0 aromatic carbocycles. The van der Waals surface area contributed by atoms with Crippen molar-refractivity contribution >= 4 is 8.15 Å². The van der Waals surface area contributed by atoms with E-state index < -0.39 is 8.15 Å². The maximum absolute atomic E-state index is 8.72. The number of nitriles is 1. The lowest BCUT2D eigenvalue weighted by atomic mass is 10.4. The standard InChI is InChI=1S/C11H22NO3P/c1-5-13-11(14-6-2)16(15-7-3)10(4)8-9-12/h10-11H,5-8H2,1-4H3. The van der Waals surface area contributed by atoms with Crippen LogP contribution in [0.4, 0.5) is 0 Å². The van der Waals surface area contributed by atoms with E-state index in [0.29, 0.717) is 26.2 Å². The molecule has 94 valence electrons. The molecule has 0 spiro atoms. The van der Waals surface area contributed by atoms with Crippen LogP contribution in [0.15, 0.2) is 0 Å². The Hall–Kier alpha value is -0.200. The second-order valence-electron chi connectivity index (χ2n) is 3.21. The molecule has 2 atom stereocenters. The van der Waals surface area contributed by atoms with E-state index in [4.69, 9.17) is 19.3 Å². The number of rotatable bonds is 9. The molecular formula is C11H22NO3P. The van der Waals surface area contributed by atoms with Gasteiger partial charge in [-0.1, -0.05) is 6.92 Å². The third-order valence-electron chi connectivity index (χ3n) is 1.93. The Balaban J connectivity index is 4.48. The molecule has 16 heavy (non-hydrogen) atoms. The molecule has 2 unspecified atom stereocenters. The van der Waals surface area contributed by atoms with Crippen molar-refractivity contribution in [2.75, 3.05) is 19.8 Å². The van der Waals surface area contributed by atoms with Gasteiger partial charge < -0.3 is 14.0 Å². The molecule has 0 saturated heterocycles. The summed E-state index contributed by atoms with van der Waals surface area (Å²) in [5.74, 6) is 0. The summed E-state index contributed by atoms with van der Waals surface area (Å²) in [5.41, 5.74) is 0.169. The Kier molecular flexibility index (Phi) is 9.86. The van der Waals surface area contributed by atoms with Crippen molar-refractivity contribution in [3.05, 3.63) is 0 Å². The summed E-state index contributed by atoms with van der Waals surface area (Å²) in [6.45, 7) is 9.63. The van der Waals surface area contributed by atoms with Crippen LogP contribution in [0.1, 0.15) is 34.1 Å². The van der Waals surface area contributed by atoms with Crippen LogP contribution in [0.3, 0.4) is 0 Å². The molecule has 5 heteroatoms. The molecule has 0 aliphatic heterocycles. The van der Waals surface area contributed by atoms with Crippen molar-refractivity contribution in [2.45, 2.75) is 45.8 Å². The van der Waals surface area contributed by atoms with Gasteiger partial charge in [-0.05, 0) is 20.8 Å². The molecule has 0 fully saturated rings. The van der Waals surface area contributed by atoms with Gasteiger partial charge in [-0.2, -0.15) is 5.26 Å². The lowest BCUT2D eigenvalue weighted by molar-refractivity contribution is -0.0843. The highest BCUT2D eigenvalue weighted by Gasteiger charge is 2.28. The Morgan fingerprint density at radius 1 is 1.12 bits per heavy atom. The van der Waals surface area contributed by atoms with E-state index >= 15 is 0 Å². The highest BCUT2D eigenvalue weighted by molar-refractivity contribution is 7.53. The zero-order chi connectivity index (χ0) is 12.4.